The van der Waals surface area contributed by atoms with Gasteiger partial charge in [-0.25, -0.2) is 18.2 Å². The van der Waals surface area contributed by atoms with Crippen LogP contribution in [0.5, 0.6) is 0 Å². The van der Waals surface area contributed by atoms with Gasteiger partial charge in [-0.15, -0.1) is 11.3 Å². The zero-order valence-corrected chi connectivity index (χ0v) is 18.0. The van der Waals surface area contributed by atoms with Crippen molar-refractivity contribution in [2.75, 3.05) is 6.26 Å². The average molecular weight is 467 g/mol. The average Bonchev–Trinajstić information content (AvgIpc) is 3.17. The summed E-state index contributed by atoms with van der Waals surface area (Å²) in [6, 6.07) is 3.22. The van der Waals surface area contributed by atoms with Gasteiger partial charge in [-0.05, 0) is 25.1 Å². The predicted octanol–water partition coefficient (Wildman–Crippen LogP) is 2.85. The van der Waals surface area contributed by atoms with Gasteiger partial charge in [0.25, 0.3) is 5.91 Å². The van der Waals surface area contributed by atoms with E-state index in [9.17, 15) is 18.0 Å². The number of carboxylic acids is 1. The van der Waals surface area contributed by atoms with Gasteiger partial charge in [0.05, 0.1) is 22.8 Å². The number of halogens is 1. The molecule has 0 radical (unpaired) electrons. The Kier molecular flexibility index (Phi) is 6.15. The molecule has 9 nitrogen and oxygen atoms in total. The zero-order chi connectivity index (χ0) is 22.1. The Hall–Kier alpha value is -2.89. The summed E-state index contributed by atoms with van der Waals surface area (Å²) in [7, 11) is -3.55. The smallest absolute Gasteiger partial charge is 0.347 e. The van der Waals surface area contributed by atoms with Gasteiger partial charge in [-0.2, -0.15) is 0 Å². The van der Waals surface area contributed by atoms with Crippen LogP contribution in [0.1, 0.15) is 38.7 Å². The number of carboxylic acid groups (broad SMARTS) is 1. The Bertz CT molecular complexity index is 1240. The molecular formula is C18H15ClN4O5S2. The molecule has 1 unspecified atom stereocenters. The van der Waals surface area contributed by atoms with E-state index in [2.05, 4.69) is 20.3 Å². The lowest BCUT2D eigenvalue weighted by atomic mass is 10.1. The van der Waals surface area contributed by atoms with Gasteiger partial charge < -0.3 is 10.4 Å². The normalized spacial score (nSPS) is 12.4. The number of hydrogen-bond donors (Lipinski definition) is 2. The highest BCUT2D eigenvalue weighted by atomic mass is 35.5. The quantitative estimate of drug-likeness (QED) is 0.565. The minimum absolute atomic E-state index is 0.0468. The van der Waals surface area contributed by atoms with E-state index in [1.807, 2.05) is 0 Å². The first-order valence-corrected chi connectivity index (χ1v) is 11.5. The third-order valence-electron chi connectivity index (χ3n) is 3.96. The molecule has 1 amide bonds. The van der Waals surface area contributed by atoms with E-state index in [0.717, 1.165) is 17.6 Å². The number of nitrogens with one attached hydrogen (secondary N) is 1. The van der Waals surface area contributed by atoms with Gasteiger partial charge in [0.2, 0.25) is 0 Å². The molecule has 0 saturated heterocycles. The summed E-state index contributed by atoms with van der Waals surface area (Å²) < 4.78 is 23.6. The topological polar surface area (TPSA) is 139 Å². The first kappa shape index (κ1) is 21.8. The van der Waals surface area contributed by atoms with Gasteiger partial charge in [0.1, 0.15) is 15.6 Å². The number of thiazole rings is 1. The second kappa shape index (κ2) is 8.46. The minimum Gasteiger partial charge on any atom is -0.477 e. The number of hydrogen-bond acceptors (Lipinski definition) is 8. The molecule has 0 aliphatic carbocycles. The summed E-state index contributed by atoms with van der Waals surface area (Å²) in [5, 5.41) is 12.3. The Morgan fingerprint density at radius 1 is 1.17 bits per heavy atom. The van der Waals surface area contributed by atoms with Crippen molar-refractivity contribution in [3.8, 4) is 10.7 Å². The molecule has 1 atom stereocenters. The lowest BCUT2D eigenvalue weighted by molar-refractivity contribution is 0.0701. The van der Waals surface area contributed by atoms with Crippen LogP contribution in [-0.2, 0) is 9.84 Å². The molecule has 3 rings (SSSR count). The largest absolute Gasteiger partial charge is 0.477 e. The van der Waals surface area contributed by atoms with Crippen LogP contribution >= 0.6 is 22.9 Å². The monoisotopic (exact) mass is 466 g/mol. The molecule has 0 saturated carbocycles. The highest BCUT2D eigenvalue weighted by Crippen LogP contribution is 2.28. The maximum atomic E-state index is 12.7. The van der Waals surface area contributed by atoms with Crippen molar-refractivity contribution >= 4 is 44.7 Å². The zero-order valence-electron chi connectivity index (χ0n) is 15.7. The van der Waals surface area contributed by atoms with Crippen LogP contribution in [0.3, 0.4) is 0 Å². The highest BCUT2D eigenvalue weighted by Gasteiger charge is 2.21. The van der Waals surface area contributed by atoms with Crippen LogP contribution < -0.4 is 5.32 Å². The minimum atomic E-state index is -3.55. The van der Waals surface area contributed by atoms with E-state index in [1.54, 1.807) is 6.92 Å². The van der Waals surface area contributed by atoms with Crippen molar-refractivity contribution in [3.05, 3.63) is 57.9 Å². The number of aromatic carboxylic acids is 1. The summed E-state index contributed by atoms with van der Waals surface area (Å²) in [6.07, 6.45) is 5.12. The van der Waals surface area contributed by atoms with Crippen LogP contribution in [-0.4, -0.2) is 46.6 Å². The maximum Gasteiger partial charge on any atom is 0.347 e. The van der Waals surface area contributed by atoms with Crippen molar-refractivity contribution in [1.29, 1.82) is 0 Å². The first-order chi connectivity index (χ1) is 14.1. The summed E-state index contributed by atoms with van der Waals surface area (Å²) in [6.45, 7) is 1.67. The van der Waals surface area contributed by atoms with E-state index in [1.165, 1.54) is 36.8 Å². The van der Waals surface area contributed by atoms with E-state index < -0.39 is 27.8 Å². The van der Waals surface area contributed by atoms with Gasteiger partial charge in [0, 0.05) is 29.2 Å². The number of amides is 1. The SMILES string of the molecule is CC(NC(=O)c1cc(Cl)cc(S(C)(=O)=O)c1)c1nccnc1-c1ncc(C(=O)O)s1. The fourth-order valence-corrected chi connectivity index (χ4v) is 4.31. The molecule has 2 aromatic heterocycles. The van der Waals surface area contributed by atoms with Crippen LogP contribution in [0.25, 0.3) is 10.7 Å². The van der Waals surface area contributed by atoms with E-state index in [0.29, 0.717) is 16.4 Å². The fourth-order valence-electron chi connectivity index (χ4n) is 2.57. The van der Waals surface area contributed by atoms with Crippen molar-refractivity contribution < 1.29 is 23.1 Å². The standard InChI is InChI=1S/C18H15ClN4O5S2/c1-9(23-16(24)10-5-11(19)7-12(6-10)30(2,27)28)14-15(21-4-3-20-14)17-22-8-13(29-17)18(25)26/h3-9H,1-2H3,(H,23,24)(H,25,26). The van der Waals surface area contributed by atoms with Crippen LogP contribution in [0.2, 0.25) is 5.02 Å². The molecule has 2 N–H and O–H groups in total. The molecule has 0 bridgehead atoms. The summed E-state index contributed by atoms with van der Waals surface area (Å²) >= 11 is 6.90. The van der Waals surface area contributed by atoms with E-state index in [4.69, 9.17) is 16.7 Å². The highest BCUT2D eigenvalue weighted by molar-refractivity contribution is 7.90. The lowest BCUT2D eigenvalue weighted by Gasteiger charge is -2.16. The molecule has 0 fully saturated rings. The van der Waals surface area contributed by atoms with Gasteiger partial charge in [-0.3, -0.25) is 14.8 Å². The Labute approximate surface area is 180 Å². The van der Waals surface area contributed by atoms with Gasteiger partial charge >= 0.3 is 5.97 Å². The molecule has 30 heavy (non-hydrogen) atoms. The molecule has 12 heteroatoms. The number of carbonyl (C=O) groups excluding carboxylic acids is 1. The summed E-state index contributed by atoms with van der Waals surface area (Å²) in [4.78, 5) is 36.3. The van der Waals surface area contributed by atoms with E-state index >= 15 is 0 Å². The van der Waals surface area contributed by atoms with Crippen molar-refractivity contribution in [3.63, 3.8) is 0 Å². The molecule has 156 valence electrons. The molecular weight excluding hydrogens is 452 g/mol. The second-order valence-corrected chi connectivity index (χ2v) is 9.75. The van der Waals surface area contributed by atoms with Crippen LogP contribution in [0.15, 0.2) is 41.7 Å². The van der Waals surface area contributed by atoms with Crippen LogP contribution in [0.4, 0.5) is 0 Å². The number of nitrogens with zero attached hydrogens (tertiary/aromatic N) is 3. The van der Waals surface area contributed by atoms with Crippen molar-refractivity contribution in [2.24, 2.45) is 0 Å². The lowest BCUT2D eigenvalue weighted by Crippen LogP contribution is -2.28. The Morgan fingerprint density at radius 3 is 2.50 bits per heavy atom. The first-order valence-electron chi connectivity index (χ1n) is 8.38. The molecule has 0 aliphatic rings. The number of carbonyl (C=O) groups is 2. The summed E-state index contributed by atoms with van der Waals surface area (Å²) in [5.74, 6) is -1.66. The second-order valence-electron chi connectivity index (χ2n) is 6.27. The molecule has 3 aromatic rings. The molecule has 2 heterocycles. The third-order valence-corrected chi connectivity index (χ3v) is 6.27. The number of benzene rings is 1. The predicted molar refractivity (Wildman–Crippen MR) is 111 cm³/mol. The number of sulfone groups is 1. The van der Waals surface area contributed by atoms with Crippen molar-refractivity contribution in [2.45, 2.75) is 17.9 Å². The van der Waals surface area contributed by atoms with E-state index in [-0.39, 0.29) is 20.4 Å². The summed E-state index contributed by atoms with van der Waals surface area (Å²) in [5.41, 5.74) is 0.788. The van der Waals surface area contributed by atoms with Crippen LogP contribution in [0, 0.1) is 0 Å². The fraction of sp³-hybridized carbons (Fsp3) is 0.167. The van der Waals surface area contributed by atoms with Gasteiger partial charge in [-0.1, -0.05) is 11.6 Å². The maximum absolute atomic E-state index is 12.7. The molecule has 0 aliphatic heterocycles. The number of rotatable bonds is 6. The Morgan fingerprint density at radius 2 is 1.87 bits per heavy atom. The third kappa shape index (κ3) is 4.81. The molecule has 1 aromatic carbocycles. The van der Waals surface area contributed by atoms with Gasteiger partial charge in [0.15, 0.2) is 9.84 Å². The molecule has 0 spiro atoms. The van der Waals surface area contributed by atoms with Crippen molar-refractivity contribution in [1.82, 2.24) is 20.3 Å². The Balaban J connectivity index is 1.90. The number of aromatic nitrogens is 3.